The maximum absolute atomic E-state index is 6.66. The Bertz CT molecular complexity index is 744. The molecule has 0 aliphatic heterocycles. The van der Waals surface area contributed by atoms with Gasteiger partial charge in [0, 0.05) is 11.0 Å². The smallest absolute Gasteiger partial charge is 0.0431 e. The molecule has 0 aliphatic carbocycles. The molecule has 3 aromatic carbocycles. The van der Waals surface area contributed by atoms with Crippen molar-refractivity contribution in [3.8, 4) is 0 Å². The number of benzene rings is 3. The van der Waals surface area contributed by atoms with Crippen LogP contribution in [0.15, 0.2) is 78.9 Å². The van der Waals surface area contributed by atoms with Crippen molar-refractivity contribution in [2.75, 3.05) is 5.73 Å². The maximum atomic E-state index is 6.66. The van der Waals surface area contributed by atoms with E-state index in [2.05, 4.69) is 85.8 Å². The normalized spacial score (nSPS) is 11.0. The van der Waals surface area contributed by atoms with Crippen LogP contribution in [0.3, 0.4) is 0 Å². The number of nitrogens with two attached hydrogens (primary N) is 1. The average Bonchev–Trinajstić information content (AvgIpc) is 2.66. The van der Waals surface area contributed by atoms with Gasteiger partial charge in [-0.2, -0.15) is 0 Å². The van der Waals surface area contributed by atoms with Gasteiger partial charge >= 0.3 is 0 Å². The molecule has 0 saturated heterocycles. The molecule has 0 fully saturated rings. The molecule has 128 valence electrons. The number of hydrogen-bond donors (Lipinski definition) is 1. The van der Waals surface area contributed by atoms with Gasteiger partial charge in [0.05, 0.1) is 0 Å². The van der Waals surface area contributed by atoms with Crippen molar-refractivity contribution in [3.63, 3.8) is 0 Å². The predicted octanol–water partition coefficient (Wildman–Crippen LogP) is 4.76. The van der Waals surface area contributed by atoms with Gasteiger partial charge in [-0.15, -0.1) is 0 Å². The van der Waals surface area contributed by atoms with Crippen molar-refractivity contribution in [2.24, 2.45) is 0 Å². The molecule has 3 rings (SSSR count). The number of anilines is 1. The highest BCUT2D eigenvalue weighted by molar-refractivity contribution is 7.80. The molecule has 0 heterocycles. The molecule has 3 aromatic rings. The Balaban J connectivity index is 2.04. The lowest BCUT2D eigenvalue weighted by Gasteiger charge is -2.22. The number of unbranched alkanes of at least 4 members (excludes halogenated alkanes) is 2. The SMILES string of the molecule is CCCCCc1cccc(P(c2ccccc2)c2ccccc2)c1N. The van der Waals surface area contributed by atoms with Gasteiger partial charge in [-0.1, -0.05) is 98.6 Å². The lowest BCUT2D eigenvalue weighted by molar-refractivity contribution is 0.718. The third-order valence-electron chi connectivity index (χ3n) is 4.49. The van der Waals surface area contributed by atoms with Gasteiger partial charge in [0.2, 0.25) is 0 Å². The summed E-state index contributed by atoms with van der Waals surface area (Å²) in [5, 5.41) is 3.98. The molecule has 0 saturated carbocycles. The first-order valence-corrected chi connectivity index (χ1v) is 10.4. The van der Waals surface area contributed by atoms with E-state index in [-0.39, 0.29) is 0 Å². The molecule has 0 aliphatic rings. The van der Waals surface area contributed by atoms with Crippen LogP contribution in [0.5, 0.6) is 0 Å². The van der Waals surface area contributed by atoms with Crippen molar-refractivity contribution >= 4 is 29.5 Å². The third-order valence-corrected chi connectivity index (χ3v) is 6.99. The van der Waals surface area contributed by atoms with E-state index in [0.717, 1.165) is 12.1 Å². The minimum atomic E-state index is -0.627. The van der Waals surface area contributed by atoms with Crippen molar-refractivity contribution in [1.29, 1.82) is 0 Å². The Morgan fingerprint density at radius 3 is 1.88 bits per heavy atom. The number of aryl methyl sites for hydroxylation is 1. The van der Waals surface area contributed by atoms with E-state index in [1.807, 2.05) is 0 Å². The monoisotopic (exact) mass is 347 g/mol. The minimum Gasteiger partial charge on any atom is -0.398 e. The second-order valence-electron chi connectivity index (χ2n) is 6.31. The number of nitrogen functional groups attached to an aromatic ring is 1. The van der Waals surface area contributed by atoms with E-state index >= 15 is 0 Å². The van der Waals surface area contributed by atoms with Crippen LogP contribution < -0.4 is 21.6 Å². The highest BCUT2D eigenvalue weighted by atomic mass is 31.1. The molecule has 0 aromatic heterocycles. The predicted molar refractivity (Wildman–Crippen MR) is 113 cm³/mol. The second kappa shape index (κ2) is 8.83. The molecule has 2 N–H and O–H groups in total. The fourth-order valence-electron chi connectivity index (χ4n) is 3.16. The zero-order valence-electron chi connectivity index (χ0n) is 14.9. The summed E-state index contributed by atoms with van der Waals surface area (Å²) in [7, 11) is -0.627. The van der Waals surface area contributed by atoms with Crippen molar-refractivity contribution in [3.05, 3.63) is 84.4 Å². The lowest BCUT2D eigenvalue weighted by Crippen LogP contribution is -2.23. The van der Waals surface area contributed by atoms with Crippen LogP contribution in [-0.2, 0) is 6.42 Å². The standard InChI is InChI=1S/C23H26NP/c1-2-3-6-12-19-13-11-18-22(23(19)24)25(20-14-7-4-8-15-20)21-16-9-5-10-17-21/h4-5,7-11,13-18H,2-3,6,12,24H2,1H3. The number of hydrogen-bond acceptors (Lipinski definition) is 1. The fourth-order valence-corrected chi connectivity index (χ4v) is 5.57. The molecule has 1 nitrogen and oxygen atoms in total. The summed E-state index contributed by atoms with van der Waals surface area (Å²) < 4.78 is 0. The van der Waals surface area contributed by atoms with Crippen LogP contribution in [0, 0.1) is 0 Å². The highest BCUT2D eigenvalue weighted by Crippen LogP contribution is 2.35. The summed E-state index contributed by atoms with van der Waals surface area (Å²) in [6.45, 7) is 2.24. The molecule has 0 radical (unpaired) electrons. The molecule has 0 bridgehead atoms. The van der Waals surface area contributed by atoms with Gasteiger partial charge in [-0.3, -0.25) is 0 Å². The van der Waals surface area contributed by atoms with Crippen LogP contribution in [-0.4, -0.2) is 0 Å². The number of rotatable bonds is 7. The van der Waals surface area contributed by atoms with E-state index in [9.17, 15) is 0 Å². The Morgan fingerprint density at radius 2 is 1.32 bits per heavy atom. The zero-order chi connectivity index (χ0) is 17.5. The second-order valence-corrected chi connectivity index (χ2v) is 8.50. The summed E-state index contributed by atoms with van der Waals surface area (Å²) in [5.41, 5.74) is 8.94. The van der Waals surface area contributed by atoms with Crippen molar-refractivity contribution in [2.45, 2.75) is 32.6 Å². The molecule has 2 heteroatoms. The van der Waals surface area contributed by atoms with E-state index in [1.165, 1.54) is 40.7 Å². The highest BCUT2D eigenvalue weighted by Gasteiger charge is 2.19. The van der Waals surface area contributed by atoms with Crippen LogP contribution in [0.25, 0.3) is 0 Å². The first kappa shape index (κ1) is 17.7. The minimum absolute atomic E-state index is 0.627. The van der Waals surface area contributed by atoms with Gasteiger partial charge in [-0.05, 0) is 36.9 Å². The largest absolute Gasteiger partial charge is 0.398 e. The summed E-state index contributed by atoms with van der Waals surface area (Å²) in [6.07, 6.45) is 4.77. The molecule has 0 unspecified atom stereocenters. The lowest BCUT2D eigenvalue weighted by atomic mass is 10.1. The molecule has 25 heavy (non-hydrogen) atoms. The first-order chi connectivity index (χ1) is 12.3. The Morgan fingerprint density at radius 1 is 0.720 bits per heavy atom. The maximum Gasteiger partial charge on any atom is 0.0431 e. The topological polar surface area (TPSA) is 26.0 Å². The van der Waals surface area contributed by atoms with Crippen molar-refractivity contribution in [1.82, 2.24) is 0 Å². The zero-order valence-corrected chi connectivity index (χ0v) is 15.8. The summed E-state index contributed by atoms with van der Waals surface area (Å²) in [6, 6.07) is 28.1. The Labute approximate surface area is 152 Å². The molecule has 0 amide bonds. The van der Waals surface area contributed by atoms with Crippen LogP contribution in [0.1, 0.15) is 31.7 Å². The summed E-state index contributed by atoms with van der Waals surface area (Å²) >= 11 is 0. The van der Waals surface area contributed by atoms with Gasteiger partial charge in [-0.25, -0.2) is 0 Å². The van der Waals surface area contributed by atoms with Gasteiger partial charge in [0.25, 0.3) is 0 Å². The molecule has 0 spiro atoms. The molecular formula is C23H26NP. The first-order valence-electron chi connectivity index (χ1n) is 9.09. The fraction of sp³-hybridized carbons (Fsp3) is 0.217. The quantitative estimate of drug-likeness (QED) is 0.372. The van der Waals surface area contributed by atoms with Gasteiger partial charge in [0.1, 0.15) is 0 Å². The average molecular weight is 347 g/mol. The van der Waals surface area contributed by atoms with Crippen LogP contribution in [0.2, 0.25) is 0 Å². The van der Waals surface area contributed by atoms with Crippen LogP contribution in [0.4, 0.5) is 5.69 Å². The van der Waals surface area contributed by atoms with Crippen molar-refractivity contribution < 1.29 is 0 Å². The van der Waals surface area contributed by atoms with E-state index < -0.39 is 7.92 Å². The Kier molecular flexibility index (Phi) is 6.25. The third kappa shape index (κ3) is 4.30. The summed E-state index contributed by atoms with van der Waals surface area (Å²) in [4.78, 5) is 0. The molecule has 0 atom stereocenters. The van der Waals surface area contributed by atoms with E-state index in [0.29, 0.717) is 0 Å². The number of para-hydroxylation sites is 1. The van der Waals surface area contributed by atoms with Crippen LogP contribution >= 0.6 is 7.92 Å². The van der Waals surface area contributed by atoms with Gasteiger partial charge < -0.3 is 5.73 Å². The molecular weight excluding hydrogens is 321 g/mol. The van der Waals surface area contributed by atoms with Gasteiger partial charge in [0.15, 0.2) is 0 Å². The Hall–Kier alpha value is -2.11. The summed E-state index contributed by atoms with van der Waals surface area (Å²) in [5.74, 6) is 0. The van der Waals surface area contributed by atoms with E-state index in [4.69, 9.17) is 5.73 Å². The van der Waals surface area contributed by atoms with E-state index in [1.54, 1.807) is 0 Å².